The summed E-state index contributed by atoms with van der Waals surface area (Å²) in [6.45, 7) is 8.23. The van der Waals surface area contributed by atoms with Crippen LogP contribution in [0.3, 0.4) is 0 Å². The Morgan fingerprint density at radius 2 is 1.47 bits per heavy atom. The van der Waals surface area contributed by atoms with Crippen LogP contribution in [0, 0.1) is 27.7 Å². The lowest BCUT2D eigenvalue weighted by atomic mass is 10.1. The number of rotatable bonds is 3. The molecule has 0 aliphatic heterocycles. The van der Waals surface area contributed by atoms with Crippen LogP contribution in [0.15, 0.2) is 76.2 Å². The van der Waals surface area contributed by atoms with Gasteiger partial charge in [-0.1, -0.05) is 41.6 Å². The van der Waals surface area contributed by atoms with E-state index in [1.807, 2.05) is 55.5 Å². The van der Waals surface area contributed by atoms with Crippen molar-refractivity contribution in [2.24, 2.45) is 0 Å². The highest BCUT2D eigenvalue weighted by Gasteiger charge is 2.17. The molecule has 5 aromatic rings. The molecule has 158 valence electrons. The third-order valence-corrected chi connectivity index (χ3v) is 6.11. The van der Waals surface area contributed by atoms with Gasteiger partial charge in [-0.15, -0.1) is 0 Å². The first-order chi connectivity index (χ1) is 15.4. The standard InChI is InChI=1S/C27H23N3O2/c1-16-9-11-20(13-18(16)3)25-28-26(32-29-25)24-15-30(21-12-10-17(2)19(4)14-21)27(31)23-8-6-5-7-22(23)24/h5-15H,1-4H3. The molecule has 3 aromatic carbocycles. The summed E-state index contributed by atoms with van der Waals surface area (Å²) in [5.41, 5.74) is 7.03. The van der Waals surface area contributed by atoms with Crippen molar-refractivity contribution in [3.63, 3.8) is 0 Å². The fourth-order valence-corrected chi connectivity index (χ4v) is 3.86. The van der Waals surface area contributed by atoms with Crippen LogP contribution in [0.25, 0.3) is 39.3 Å². The molecule has 2 aromatic heterocycles. The summed E-state index contributed by atoms with van der Waals surface area (Å²) in [4.78, 5) is 18.0. The van der Waals surface area contributed by atoms with Crippen molar-refractivity contribution in [3.05, 3.63) is 99.5 Å². The number of pyridine rings is 1. The van der Waals surface area contributed by atoms with Gasteiger partial charge in [0.25, 0.3) is 11.4 Å². The molecule has 0 unspecified atom stereocenters. The van der Waals surface area contributed by atoms with Crippen molar-refractivity contribution in [1.29, 1.82) is 0 Å². The van der Waals surface area contributed by atoms with Crippen LogP contribution in [-0.2, 0) is 0 Å². The van der Waals surface area contributed by atoms with Gasteiger partial charge in [-0.2, -0.15) is 4.98 Å². The molecule has 0 aliphatic carbocycles. The molecule has 0 aliphatic rings. The van der Waals surface area contributed by atoms with Crippen molar-refractivity contribution in [2.75, 3.05) is 0 Å². The predicted molar refractivity (Wildman–Crippen MR) is 127 cm³/mol. The second-order valence-electron chi connectivity index (χ2n) is 8.25. The molecule has 0 bridgehead atoms. The molecule has 5 nitrogen and oxygen atoms in total. The summed E-state index contributed by atoms with van der Waals surface area (Å²) in [6, 6.07) is 19.6. The van der Waals surface area contributed by atoms with Gasteiger partial charge in [-0.3, -0.25) is 9.36 Å². The van der Waals surface area contributed by atoms with Gasteiger partial charge in [0.05, 0.1) is 5.56 Å². The Kier molecular flexibility index (Phi) is 4.74. The molecule has 2 heterocycles. The first-order valence-corrected chi connectivity index (χ1v) is 10.6. The van der Waals surface area contributed by atoms with Crippen LogP contribution in [0.4, 0.5) is 0 Å². The molecular weight excluding hydrogens is 398 g/mol. The molecule has 0 saturated heterocycles. The molecule has 0 amide bonds. The van der Waals surface area contributed by atoms with E-state index in [1.54, 1.807) is 10.8 Å². The lowest BCUT2D eigenvalue weighted by Crippen LogP contribution is -2.18. The number of fused-ring (bicyclic) bond motifs is 1. The summed E-state index contributed by atoms with van der Waals surface area (Å²) in [6.07, 6.45) is 1.80. The fourth-order valence-electron chi connectivity index (χ4n) is 3.86. The molecular formula is C27H23N3O2. The summed E-state index contributed by atoms with van der Waals surface area (Å²) < 4.78 is 7.34. The SMILES string of the molecule is Cc1ccc(-c2noc(-c3cn(-c4ccc(C)c(C)c4)c(=O)c4ccccc34)n2)cc1C. The summed E-state index contributed by atoms with van der Waals surface area (Å²) in [5.74, 6) is 0.906. The Morgan fingerprint density at radius 1 is 0.781 bits per heavy atom. The fraction of sp³-hybridized carbons (Fsp3) is 0.148. The molecule has 0 radical (unpaired) electrons. The topological polar surface area (TPSA) is 60.9 Å². The van der Waals surface area contributed by atoms with Crippen LogP contribution < -0.4 is 5.56 Å². The maximum Gasteiger partial charge on any atom is 0.262 e. The zero-order valence-corrected chi connectivity index (χ0v) is 18.5. The highest BCUT2D eigenvalue weighted by atomic mass is 16.5. The second-order valence-corrected chi connectivity index (χ2v) is 8.25. The van der Waals surface area contributed by atoms with Gasteiger partial charge in [0.2, 0.25) is 5.82 Å². The van der Waals surface area contributed by atoms with E-state index >= 15 is 0 Å². The molecule has 32 heavy (non-hydrogen) atoms. The minimum atomic E-state index is -0.0819. The van der Waals surface area contributed by atoms with Gasteiger partial charge in [-0.25, -0.2) is 0 Å². The Labute approximate surface area is 186 Å². The van der Waals surface area contributed by atoms with Gasteiger partial charge in [-0.05, 0) is 74.2 Å². The van der Waals surface area contributed by atoms with Crippen molar-refractivity contribution in [3.8, 4) is 28.5 Å². The zero-order chi connectivity index (χ0) is 22.4. The Bertz CT molecular complexity index is 1540. The molecule has 5 heteroatoms. The van der Waals surface area contributed by atoms with E-state index < -0.39 is 0 Å². The maximum absolute atomic E-state index is 13.3. The molecule has 0 fully saturated rings. The van der Waals surface area contributed by atoms with Crippen LogP contribution in [0.5, 0.6) is 0 Å². The van der Waals surface area contributed by atoms with E-state index in [2.05, 4.69) is 43.0 Å². The minimum absolute atomic E-state index is 0.0819. The molecule has 0 atom stereocenters. The molecule has 5 rings (SSSR count). The number of aryl methyl sites for hydroxylation is 4. The number of hydrogen-bond acceptors (Lipinski definition) is 4. The third-order valence-electron chi connectivity index (χ3n) is 6.11. The highest BCUT2D eigenvalue weighted by molar-refractivity contribution is 5.94. The van der Waals surface area contributed by atoms with E-state index in [4.69, 9.17) is 4.52 Å². The summed E-state index contributed by atoms with van der Waals surface area (Å²) >= 11 is 0. The number of benzene rings is 3. The van der Waals surface area contributed by atoms with Crippen LogP contribution in [-0.4, -0.2) is 14.7 Å². The number of hydrogen-bond donors (Lipinski definition) is 0. The number of aromatic nitrogens is 3. The van der Waals surface area contributed by atoms with Gasteiger partial charge in [0.1, 0.15) is 0 Å². The van der Waals surface area contributed by atoms with Crippen LogP contribution >= 0.6 is 0 Å². The smallest absolute Gasteiger partial charge is 0.262 e. The quantitative estimate of drug-likeness (QED) is 0.362. The van der Waals surface area contributed by atoms with Gasteiger partial charge in [0, 0.05) is 28.2 Å². The highest BCUT2D eigenvalue weighted by Crippen LogP contribution is 2.29. The summed E-state index contributed by atoms with van der Waals surface area (Å²) in [5, 5.41) is 5.61. The lowest BCUT2D eigenvalue weighted by Gasteiger charge is -2.12. The normalized spacial score (nSPS) is 11.2. The van der Waals surface area contributed by atoms with E-state index in [1.165, 1.54) is 16.7 Å². The molecule has 0 saturated carbocycles. The Balaban J connectivity index is 1.71. The Hall–Kier alpha value is -3.99. The van der Waals surface area contributed by atoms with Crippen LogP contribution in [0.2, 0.25) is 0 Å². The average molecular weight is 422 g/mol. The third kappa shape index (κ3) is 3.32. The van der Waals surface area contributed by atoms with Gasteiger partial charge < -0.3 is 4.52 Å². The Morgan fingerprint density at radius 3 is 2.19 bits per heavy atom. The van der Waals surface area contributed by atoms with Crippen molar-refractivity contribution < 1.29 is 4.52 Å². The van der Waals surface area contributed by atoms with E-state index in [0.717, 1.165) is 27.8 Å². The summed E-state index contributed by atoms with van der Waals surface area (Å²) in [7, 11) is 0. The zero-order valence-electron chi connectivity index (χ0n) is 18.5. The van der Waals surface area contributed by atoms with E-state index in [0.29, 0.717) is 17.1 Å². The number of nitrogens with zero attached hydrogens (tertiary/aromatic N) is 3. The van der Waals surface area contributed by atoms with E-state index in [9.17, 15) is 4.79 Å². The lowest BCUT2D eigenvalue weighted by molar-refractivity contribution is 0.432. The van der Waals surface area contributed by atoms with Gasteiger partial charge in [0.15, 0.2) is 0 Å². The van der Waals surface area contributed by atoms with Crippen LogP contribution in [0.1, 0.15) is 22.3 Å². The molecule has 0 spiro atoms. The van der Waals surface area contributed by atoms with Crippen molar-refractivity contribution in [1.82, 2.24) is 14.7 Å². The van der Waals surface area contributed by atoms with Crippen molar-refractivity contribution >= 4 is 10.8 Å². The second kappa shape index (κ2) is 7.61. The molecule has 0 N–H and O–H groups in total. The minimum Gasteiger partial charge on any atom is -0.334 e. The monoisotopic (exact) mass is 421 g/mol. The largest absolute Gasteiger partial charge is 0.334 e. The van der Waals surface area contributed by atoms with E-state index in [-0.39, 0.29) is 5.56 Å². The maximum atomic E-state index is 13.3. The predicted octanol–water partition coefficient (Wildman–Crippen LogP) is 5.94. The first-order valence-electron chi connectivity index (χ1n) is 10.6. The first kappa shape index (κ1) is 19.9. The average Bonchev–Trinajstić information content (AvgIpc) is 3.28. The van der Waals surface area contributed by atoms with Crippen molar-refractivity contribution in [2.45, 2.75) is 27.7 Å². The van der Waals surface area contributed by atoms with Gasteiger partial charge >= 0.3 is 0 Å².